The number of hydrogen-bond donors (Lipinski definition) is 0. The number of nitro groups is 1. The van der Waals surface area contributed by atoms with E-state index in [1.54, 1.807) is 4.90 Å². The van der Waals surface area contributed by atoms with Crippen molar-refractivity contribution in [3.63, 3.8) is 0 Å². The van der Waals surface area contributed by atoms with Gasteiger partial charge in [-0.15, -0.1) is 0 Å². The first-order valence-corrected chi connectivity index (χ1v) is 9.32. The minimum absolute atomic E-state index is 0.0893. The number of benzene rings is 1. The van der Waals surface area contributed by atoms with E-state index in [0.717, 1.165) is 38.1 Å². The SMILES string of the molecule is C[C@@H](C(=O)N1CCCC1)N1CCN(c2ccc(C(F)(F)F)cc2[N+](=O)[O-])CC1. The van der Waals surface area contributed by atoms with Crippen molar-refractivity contribution in [1.82, 2.24) is 9.80 Å². The van der Waals surface area contributed by atoms with Gasteiger partial charge < -0.3 is 9.80 Å². The minimum Gasteiger partial charge on any atom is -0.363 e. The number of amides is 1. The maximum absolute atomic E-state index is 12.9. The van der Waals surface area contributed by atoms with Crippen molar-refractivity contribution in [3.8, 4) is 0 Å². The summed E-state index contributed by atoms with van der Waals surface area (Å²) in [5.41, 5.74) is -1.41. The van der Waals surface area contributed by atoms with Crippen LogP contribution >= 0.6 is 0 Å². The number of piperazine rings is 1. The summed E-state index contributed by atoms with van der Waals surface area (Å²) in [4.78, 5) is 28.7. The third-order valence-corrected chi connectivity index (χ3v) is 5.48. The van der Waals surface area contributed by atoms with Crippen molar-refractivity contribution < 1.29 is 22.9 Å². The fraction of sp³-hybridized carbons (Fsp3) is 0.611. The van der Waals surface area contributed by atoms with Gasteiger partial charge in [-0.25, -0.2) is 0 Å². The molecule has 2 aliphatic heterocycles. The zero-order chi connectivity index (χ0) is 20.5. The van der Waals surface area contributed by atoms with Crippen molar-refractivity contribution in [2.45, 2.75) is 32.0 Å². The Labute approximate surface area is 160 Å². The molecule has 0 N–H and O–H groups in total. The number of halogens is 3. The standard InChI is InChI=1S/C18H23F3N4O3/c1-13(17(26)24-6-2-3-7-24)22-8-10-23(11-9-22)15-5-4-14(18(19,20)21)12-16(15)25(27)28/h4-5,12-13H,2-3,6-11H2,1H3/t13-/m0/s1. The second-order valence-corrected chi connectivity index (χ2v) is 7.19. The topological polar surface area (TPSA) is 69.9 Å². The number of likely N-dealkylation sites (tertiary alicyclic amines) is 1. The summed E-state index contributed by atoms with van der Waals surface area (Å²) in [5, 5.41) is 11.3. The van der Waals surface area contributed by atoms with Crippen molar-refractivity contribution in [2.75, 3.05) is 44.2 Å². The van der Waals surface area contributed by atoms with Gasteiger partial charge in [0.05, 0.1) is 16.5 Å². The molecule has 0 aromatic heterocycles. The van der Waals surface area contributed by atoms with E-state index in [4.69, 9.17) is 0 Å². The second kappa shape index (κ2) is 7.94. The molecule has 1 amide bonds. The molecule has 1 aromatic rings. The van der Waals surface area contributed by atoms with E-state index in [1.807, 2.05) is 16.7 Å². The molecule has 0 radical (unpaired) electrons. The number of anilines is 1. The van der Waals surface area contributed by atoms with Gasteiger partial charge >= 0.3 is 6.18 Å². The van der Waals surface area contributed by atoms with E-state index < -0.39 is 22.4 Å². The predicted molar refractivity (Wildman–Crippen MR) is 97.2 cm³/mol. The summed E-state index contributed by atoms with van der Waals surface area (Å²) in [6, 6.07) is 2.34. The van der Waals surface area contributed by atoms with Crippen LogP contribution in [0.15, 0.2) is 18.2 Å². The van der Waals surface area contributed by atoms with E-state index in [2.05, 4.69) is 0 Å². The van der Waals surface area contributed by atoms with Gasteiger partial charge in [0.25, 0.3) is 5.69 Å². The fourth-order valence-corrected chi connectivity index (χ4v) is 3.82. The van der Waals surface area contributed by atoms with Gasteiger partial charge in [-0.2, -0.15) is 13.2 Å². The molecule has 0 spiro atoms. The van der Waals surface area contributed by atoms with Gasteiger partial charge in [0, 0.05) is 45.3 Å². The summed E-state index contributed by atoms with van der Waals surface area (Å²) in [7, 11) is 0. The second-order valence-electron chi connectivity index (χ2n) is 7.19. The Hall–Kier alpha value is -2.36. The number of alkyl halides is 3. The quantitative estimate of drug-likeness (QED) is 0.574. The molecule has 0 unspecified atom stereocenters. The molecule has 0 aliphatic carbocycles. The van der Waals surface area contributed by atoms with Gasteiger partial charge in [-0.1, -0.05) is 0 Å². The Balaban J connectivity index is 1.69. The van der Waals surface area contributed by atoms with Crippen LogP contribution < -0.4 is 4.90 Å². The zero-order valence-electron chi connectivity index (χ0n) is 15.6. The molecule has 7 nitrogen and oxygen atoms in total. The molecule has 1 atom stereocenters. The summed E-state index contributed by atoms with van der Waals surface area (Å²) >= 11 is 0. The Bertz CT molecular complexity index is 742. The molecule has 0 saturated carbocycles. The van der Waals surface area contributed by atoms with Crippen LogP contribution in [0.2, 0.25) is 0 Å². The first-order valence-electron chi connectivity index (χ1n) is 9.32. The normalized spacial score (nSPS) is 19.7. The average Bonchev–Trinajstić information content (AvgIpc) is 3.20. The summed E-state index contributed by atoms with van der Waals surface area (Å²) < 4.78 is 38.6. The lowest BCUT2D eigenvalue weighted by molar-refractivity contribution is -0.384. The van der Waals surface area contributed by atoms with Gasteiger partial charge in [-0.05, 0) is 31.9 Å². The molecular formula is C18H23F3N4O3. The molecule has 3 rings (SSSR count). The molecule has 0 bridgehead atoms. The van der Waals surface area contributed by atoms with Crippen LogP contribution in [0.1, 0.15) is 25.3 Å². The lowest BCUT2D eigenvalue weighted by Gasteiger charge is -2.39. The number of rotatable bonds is 4. The maximum atomic E-state index is 12.9. The van der Waals surface area contributed by atoms with Gasteiger partial charge in [0.2, 0.25) is 5.91 Å². The fourth-order valence-electron chi connectivity index (χ4n) is 3.82. The van der Waals surface area contributed by atoms with Crippen LogP contribution in [0.4, 0.5) is 24.5 Å². The van der Waals surface area contributed by atoms with Crippen molar-refractivity contribution in [2.24, 2.45) is 0 Å². The summed E-state index contributed by atoms with van der Waals surface area (Å²) in [6.45, 7) is 5.25. The molecule has 28 heavy (non-hydrogen) atoms. The van der Waals surface area contributed by atoms with Crippen LogP contribution in [0.25, 0.3) is 0 Å². The van der Waals surface area contributed by atoms with E-state index in [-0.39, 0.29) is 17.6 Å². The highest BCUT2D eigenvalue weighted by Gasteiger charge is 2.35. The molecule has 10 heteroatoms. The van der Waals surface area contributed by atoms with E-state index in [9.17, 15) is 28.1 Å². The Morgan fingerprint density at radius 3 is 2.25 bits per heavy atom. The maximum Gasteiger partial charge on any atom is 0.416 e. The summed E-state index contributed by atoms with van der Waals surface area (Å²) in [5.74, 6) is 0.0893. The molecule has 154 valence electrons. The molecule has 2 saturated heterocycles. The van der Waals surface area contributed by atoms with Crippen LogP contribution in [-0.2, 0) is 11.0 Å². The van der Waals surface area contributed by atoms with Crippen LogP contribution in [0.3, 0.4) is 0 Å². The number of nitro benzene ring substituents is 1. The molecule has 2 fully saturated rings. The Kier molecular flexibility index (Phi) is 5.78. The highest BCUT2D eigenvalue weighted by molar-refractivity contribution is 5.81. The Morgan fingerprint density at radius 1 is 1.11 bits per heavy atom. The smallest absolute Gasteiger partial charge is 0.363 e. The first-order chi connectivity index (χ1) is 13.2. The largest absolute Gasteiger partial charge is 0.416 e. The van der Waals surface area contributed by atoms with E-state index in [0.29, 0.717) is 32.2 Å². The average molecular weight is 400 g/mol. The third kappa shape index (κ3) is 4.21. The van der Waals surface area contributed by atoms with Gasteiger partial charge in [0.1, 0.15) is 5.69 Å². The number of nitrogens with zero attached hydrogens (tertiary/aromatic N) is 4. The van der Waals surface area contributed by atoms with E-state index >= 15 is 0 Å². The monoisotopic (exact) mass is 400 g/mol. The molecule has 2 heterocycles. The van der Waals surface area contributed by atoms with Crippen LogP contribution in [-0.4, -0.2) is 65.9 Å². The van der Waals surface area contributed by atoms with Crippen LogP contribution in [0.5, 0.6) is 0 Å². The predicted octanol–water partition coefficient (Wildman–Crippen LogP) is 2.75. The van der Waals surface area contributed by atoms with Crippen molar-refractivity contribution in [1.29, 1.82) is 0 Å². The number of hydrogen-bond acceptors (Lipinski definition) is 5. The lowest BCUT2D eigenvalue weighted by atomic mass is 10.1. The van der Waals surface area contributed by atoms with Crippen molar-refractivity contribution in [3.05, 3.63) is 33.9 Å². The highest BCUT2D eigenvalue weighted by atomic mass is 19.4. The highest BCUT2D eigenvalue weighted by Crippen LogP contribution is 2.36. The lowest BCUT2D eigenvalue weighted by Crippen LogP contribution is -2.54. The Morgan fingerprint density at radius 2 is 1.71 bits per heavy atom. The van der Waals surface area contributed by atoms with Gasteiger partial charge in [0.15, 0.2) is 0 Å². The molecule has 2 aliphatic rings. The van der Waals surface area contributed by atoms with Crippen molar-refractivity contribution >= 4 is 17.3 Å². The molecular weight excluding hydrogens is 377 g/mol. The van der Waals surface area contributed by atoms with E-state index in [1.165, 1.54) is 0 Å². The first kappa shape index (κ1) is 20.4. The summed E-state index contributed by atoms with van der Waals surface area (Å²) in [6.07, 6.45) is -2.60. The number of carbonyl (C=O) groups excluding carboxylic acids is 1. The van der Waals surface area contributed by atoms with Gasteiger partial charge in [-0.3, -0.25) is 19.8 Å². The zero-order valence-corrected chi connectivity index (χ0v) is 15.6. The number of carbonyl (C=O) groups is 1. The molecule has 1 aromatic carbocycles. The van der Waals surface area contributed by atoms with Crippen LogP contribution in [0, 0.1) is 10.1 Å². The minimum atomic E-state index is -4.63. The third-order valence-electron chi connectivity index (χ3n) is 5.48.